The summed E-state index contributed by atoms with van der Waals surface area (Å²) in [7, 11) is 1.97. The van der Waals surface area contributed by atoms with E-state index in [1.54, 1.807) is 48.8 Å². The molecule has 8 nitrogen and oxygen atoms in total. The molecule has 180 valence electrons. The summed E-state index contributed by atoms with van der Waals surface area (Å²) in [6, 6.07) is 12.8. The van der Waals surface area contributed by atoms with Crippen molar-refractivity contribution in [1.29, 1.82) is 0 Å². The summed E-state index contributed by atoms with van der Waals surface area (Å²) in [5, 5.41) is 6.57. The molecule has 2 aromatic heterocycles. The van der Waals surface area contributed by atoms with E-state index in [4.69, 9.17) is 4.74 Å². The Labute approximate surface area is 205 Å². The second kappa shape index (κ2) is 12.7. The molecule has 0 aliphatic heterocycles. The first-order valence-electron chi connectivity index (χ1n) is 11.2. The fraction of sp³-hybridized carbons (Fsp3) is 0.185. The van der Waals surface area contributed by atoms with Gasteiger partial charge in [0, 0.05) is 43.6 Å². The molecule has 0 aliphatic carbocycles. The molecular weight excluding hydrogens is 442 g/mol. The van der Waals surface area contributed by atoms with Gasteiger partial charge in [0.15, 0.2) is 0 Å². The number of alkyl carbamates (subject to hydrolysis) is 1. The van der Waals surface area contributed by atoms with Gasteiger partial charge in [0.2, 0.25) is 0 Å². The van der Waals surface area contributed by atoms with E-state index >= 15 is 0 Å². The number of carbonyl (C=O) groups is 2. The number of nitrogens with one attached hydrogen (secondary N) is 2. The zero-order chi connectivity index (χ0) is 25.0. The minimum atomic E-state index is -0.480. The van der Waals surface area contributed by atoms with Crippen molar-refractivity contribution in [2.75, 3.05) is 37.0 Å². The molecule has 0 radical (unpaired) electrons. The predicted molar refractivity (Wildman–Crippen MR) is 140 cm³/mol. The van der Waals surface area contributed by atoms with Crippen LogP contribution < -0.4 is 15.5 Å². The molecule has 3 aromatic rings. The Bertz CT molecular complexity index is 1220. The maximum atomic E-state index is 12.6. The number of nitrogens with zero attached hydrogens (tertiary/aromatic N) is 3. The number of ether oxygens (including phenoxy) is 1. The topological polar surface area (TPSA) is 96.5 Å². The first-order valence-corrected chi connectivity index (χ1v) is 11.2. The highest BCUT2D eigenvalue weighted by Crippen LogP contribution is 2.29. The molecule has 0 aliphatic rings. The van der Waals surface area contributed by atoms with Crippen LogP contribution in [0.1, 0.15) is 16.9 Å². The van der Waals surface area contributed by atoms with Gasteiger partial charge in [-0.25, -0.2) is 4.79 Å². The third-order valence-electron chi connectivity index (χ3n) is 5.21. The van der Waals surface area contributed by atoms with E-state index in [1.807, 2.05) is 31.3 Å². The SMILES string of the molecule is C=C/C=C(\C=C)COC(=O)NCCCN(C)c1ccnc2c(NC(=O)c3ccccn3)cccc12. The number of allylic oxidation sites excluding steroid dienone is 2. The van der Waals surface area contributed by atoms with Crippen LogP contribution in [0.3, 0.4) is 0 Å². The number of hydrogen-bond acceptors (Lipinski definition) is 6. The molecule has 1 aromatic carbocycles. The summed E-state index contributed by atoms with van der Waals surface area (Å²) in [5.74, 6) is -0.295. The van der Waals surface area contributed by atoms with E-state index < -0.39 is 6.09 Å². The maximum absolute atomic E-state index is 12.6. The van der Waals surface area contributed by atoms with Gasteiger partial charge in [-0.3, -0.25) is 14.8 Å². The van der Waals surface area contributed by atoms with Crippen molar-refractivity contribution in [3.8, 4) is 0 Å². The fourth-order valence-electron chi connectivity index (χ4n) is 3.43. The lowest BCUT2D eigenvalue weighted by molar-refractivity contribution is 0.102. The maximum Gasteiger partial charge on any atom is 0.407 e. The number of carbonyl (C=O) groups excluding carboxylic acids is 2. The minimum Gasteiger partial charge on any atom is -0.445 e. The highest BCUT2D eigenvalue weighted by atomic mass is 16.5. The molecule has 2 heterocycles. The Morgan fingerprint density at radius 3 is 2.69 bits per heavy atom. The zero-order valence-electron chi connectivity index (χ0n) is 19.7. The largest absolute Gasteiger partial charge is 0.445 e. The van der Waals surface area contributed by atoms with Crippen molar-refractivity contribution in [3.05, 3.63) is 97.5 Å². The van der Waals surface area contributed by atoms with E-state index in [0.717, 1.165) is 16.6 Å². The summed E-state index contributed by atoms with van der Waals surface area (Å²) in [6.45, 7) is 8.59. The molecule has 0 unspecified atom stereocenters. The third kappa shape index (κ3) is 7.01. The number of benzene rings is 1. The molecule has 0 saturated heterocycles. The first kappa shape index (κ1) is 25.2. The summed E-state index contributed by atoms with van der Waals surface area (Å²) in [5.41, 5.74) is 3.38. The molecule has 3 rings (SSSR count). The number of para-hydroxylation sites is 1. The fourth-order valence-corrected chi connectivity index (χ4v) is 3.43. The number of fused-ring (bicyclic) bond motifs is 1. The van der Waals surface area contributed by atoms with Gasteiger partial charge in [-0.1, -0.05) is 49.6 Å². The molecule has 0 saturated carbocycles. The van der Waals surface area contributed by atoms with E-state index in [1.165, 1.54) is 0 Å². The van der Waals surface area contributed by atoms with Crippen molar-refractivity contribution >= 4 is 34.3 Å². The Hall–Kier alpha value is -4.46. The van der Waals surface area contributed by atoms with Crippen LogP contribution in [0.25, 0.3) is 10.9 Å². The van der Waals surface area contributed by atoms with Crippen LogP contribution in [0.15, 0.2) is 91.8 Å². The van der Waals surface area contributed by atoms with Crippen LogP contribution in [-0.4, -0.2) is 48.7 Å². The Balaban J connectivity index is 1.58. The number of pyridine rings is 2. The monoisotopic (exact) mass is 471 g/mol. The Morgan fingerprint density at radius 1 is 1.09 bits per heavy atom. The zero-order valence-corrected chi connectivity index (χ0v) is 19.7. The molecule has 2 N–H and O–H groups in total. The van der Waals surface area contributed by atoms with Crippen LogP contribution in [0.4, 0.5) is 16.2 Å². The molecule has 2 amide bonds. The minimum absolute atomic E-state index is 0.142. The van der Waals surface area contributed by atoms with Gasteiger partial charge >= 0.3 is 6.09 Å². The number of amides is 2. The predicted octanol–water partition coefficient (Wildman–Crippen LogP) is 4.73. The van der Waals surface area contributed by atoms with Crippen LogP contribution in [0.5, 0.6) is 0 Å². The van der Waals surface area contributed by atoms with Crippen LogP contribution >= 0.6 is 0 Å². The van der Waals surface area contributed by atoms with Crippen LogP contribution in [0.2, 0.25) is 0 Å². The average molecular weight is 472 g/mol. The van der Waals surface area contributed by atoms with E-state index in [9.17, 15) is 9.59 Å². The molecule has 0 fully saturated rings. The van der Waals surface area contributed by atoms with Gasteiger partial charge in [-0.05, 0) is 36.3 Å². The van der Waals surface area contributed by atoms with Crippen molar-refractivity contribution in [1.82, 2.24) is 15.3 Å². The Kier molecular flexibility index (Phi) is 9.13. The average Bonchev–Trinajstić information content (AvgIpc) is 2.89. The smallest absolute Gasteiger partial charge is 0.407 e. The number of anilines is 2. The summed E-state index contributed by atoms with van der Waals surface area (Å²) in [4.78, 5) is 35.2. The lowest BCUT2D eigenvalue weighted by Gasteiger charge is -2.21. The van der Waals surface area contributed by atoms with Gasteiger partial charge in [0.25, 0.3) is 5.91 Å². The third-order valence-corrected chi connectivity index (χ3v) is 5.21. The molecule has 0 atom stereocenters. The van der Waals surface area contributed by atoms with Crippen molar-refractivity contribution < 1.29 is 14.3 Å². The summed E-state index contributed by atoms with van der Waals surface area (Å²) >= 11 is 0. The van der Waals surface area contributed by atoms with E-state index in [-0.39, 0.29) is 12.5 Å². The van der Waals surface area contributed by atoms with Gasteiger partial charge < -0.3 is 20.3 Å². The van der Waals surface area contributed by atoms with Gasteiger partial charge in [0.05, 0.1) is 11.2 Å². The molecule has 0 spiro atoms. The molecule has 8 heteroatoms. The summed E-state index contributed by atoms with van der Waals surface area (Å²) in [6.07, 6.45) is 8.51. The van der Waals surface area contributed by atoms with Gasteiger partial charge in [-0.15, -0.1) is 0 Å². The lowest BCUT2D eigenvalue weighted by atomic mass is 10.1. The first-order chi connectivity index (χ1) is 17.0. The van der Waals surface area contributed by atoms with Crippen molar-refractivity contribution in [3.63, 3.8) is 0 Å². The van der Waals surface area contributed by atoms with E-state index in [0.29, 0.717) is 36.4 Å². The second-order valence-electron chi connectivity index (χ2n) is 7.66. The van der Waals surface area contributed by atoms with Gasteiger partial charge in [-0.2, -0.15) is 0 Å². The second-order valence-corrected chi connectivity index (χ2v) is 7.66. The summed E-state index contributed by atoms with van der Waals surface area (Å²) < 4.78 is 5.18. The highest BCUT2D eigenvalue weighted by Gasteiger charge is 2.13. The number of aromatic nitrogens is 2. The quantitative estimate of drug-likeness (QED) is 0.310. The standard InChI is InChI=1S/C27H29N5O3/c1-4-10-20(5-2)19-35-27(34)30-16-9-18-32(3)24-14-17-29-25-21(24)11-8-13-22(25)31-26(33)23-12-6-7-15-28-23/h4-8,10-15,17H,1-2,9,16,18-19H2,3H3,(H,30,34)(H,31,33)/b20-10+. The number of hydrogen-bond donors (Lipinski definition) is 2. The Morgan fingerprint density at radius 2 is 1.94 bits per heavy atom. The highest BCUT2D eigenvalue weighted by molar-refractivity contribution is 6.09. The van der Waals surface area contributed by atoms with Crippen molar-refractivity contribution in [2.24, 2.45) is 0 Å². The van der Waals surface area contributed by atoms with Crippen molar-refractivity contribution in [2.45, 2.75) is 6.42 Å². The van der Waals surface area contributed by atoms with Crippen LogP contribution in [0, 0.1) is 0 Å². The number of rotatable bonds is 11. The lowest BCUT2D eigenvalue weighted by Crippen LogP contribution is -2.29. The van der Waals surface area contributed by atoms with Gasteiger partial charge in [0.1, 0.15) is 12.3 Å². The normalized spacial score (nSPS) is 10.9. The van der Waals surface area contributed by atoms with Crippen LogP contribution in [-0.2, 0) is 4.74 Å². The molecule has 0 bridgehead atoms. The van der Waals surface area contributed by atoms with E-state index in [2.05, 4.69) is 38.7 Å². The molecule has 35 heavy (non-hydrogen) atoms. The molecular formula is C27H29N5O3.